The van der Waals surface area contributed by atoms with Gasteiger partial charge in [0.2, 0.25) is 0 Å². The van der Waals surface area contributed by atoms with Crippen molar-refractivity contribution >= 4 is 11.4 Å². The van der Waals surface area contributed by atoms with Crippen molar-refractivity contribution in [2.45, 2.75) is 25.4 Å². The van der Waals surface area contributed by atoms with Crippen LogP contribution in [0.5, 0.6) is 0 Å². The maximum Gasteiger partial charge on any atom is 0.389 e. The van der Waals surface area contributed by atoms with Crippen LogP contribution in [0.1, 0.15) is 18.4 Å². The number of rotatable bonds is 6. The topological polar surface area (TPSA) is 47.3 Å². The van der Waals surface area contributed by atoms with E-state index in [0.29, 0.717) is 22.5 Å². The van der Waals surface area contributed by atoms with Gasteiger partial charge >= 0.3 is 6.18 Å². The number of Topliss-reactive ketones (excluding diaryl/α,β-unsaturated/α-hetero) is 1. The fraction of sp³-hybridized carbons (Fsp3) is 0.174. The monoisotopic (exact) mass is 427 g/mol. The Labute approximate surface area is 175 Å². The van der Waals surface area contributed by atoms with Crippen LogP contribution in [-0.2, 0) is 11.2 Å². The predicted molar refractivity (Wildman–Crippen MR) is 108 cm³/mol. The molecule has 0 bridgehead atoms. The van der Waals surface area contributed by atoms with Gasteiger partial charge in [-0.15, -0.1) is 0 Å². The number of fused-ring (bicyclic) bond motifs is 1. The maximum atomic E-state index is 13.5. The molecule has 0 atom stereocenters. The van der Waals surface area contributed by atoms with E-state index in [2.05, 4.69) is 9.97 Å². The standard InChI is InChI=1S/C23H17F4N3O/c24-18-5-8-28-20(13-18)16-6-9-30-21(14-29-22(30)12-16)17-3-1-2-15(10-17)11-19(31)4-7-23(25,26)27/h1-3,5-6,8-10,12-14H,4,7,11H2. The Bertz CT molecular complexity index is 1250. The number of nitrogens with zero attached hydrogens (tertiary/aromatic N) is 3. The molecule has 0 aliphatic heterocycles. The summed E-state index contributed by atoms with van der Waals surface area (Å²) < 4.78 is 52.3. The van der Waals surface area contributed by atoms with Crippen molar-refractivity contribution in [1.29, 1.82) is 0 Å². The molecular formula is C23H17F4N3O. The maximum absolute atomic E-state index is 13.5. The zero-order valence-corrected chi connectivity index (χ0v) is 16.2. The first-order valence-electron chi connectivity index (χ1n) is 9.55. The van der Waals surface area contributed by atoms with Gasteiger partial charge in [-0.05, 0) is 29.8 Å². The van der Waals surface area contributed by atoms with E-state index in [1.54, 1.807) is 42.7 Å². The smallest absolute Gasteiger partial charge is 0.300 e. The molecule has 158 valence electrons. The van der Waals surface area contributed by atoms with Gasteiger partial charge in [-0.1, -0.05) is 18.2 Å². The van der Waals surface area contributed by atoms with Crippen LogP contribution >= 0.6 is 0 Å². The molecule has 0 N–H and O–H groups in total. The fourth-order valence-electron chi connectivity index (χ4n) is 3.35. The van der Waals surface area contributed by atoms with Gasteiger partial charge in [-0.25, -0.2) is 9.37 Å². The van der Waals surface area contributed by atoms with Crippen molar-refractivity contribution in [3.63, 3.8) is 0 Å². The first-order chi connectivity index (χ1) is 14.8. The van der Waals surface area contributed by atoms with Gasteiger partial charge < -0.3 is 0 Å². The number of aromatic nitrogens is 3. The van der Waals surface area contributed by atoms with Crippen LogP contribution in [0, 0.1) is 5.82 Å². The lowest BCUT2D eigenvalue weighted by molar-refractivity contribution is -0.143. The Balaban J connectivity index is 1.58. The molecule has 8 heteroatoms. The number of carbonyl (C=O) groups excluding carboxylic acids is 1. The minimum Gasteiger partial charge on any atom is -0.300 e. The molecule has 0 aliphatic rings. The van der Waals surface area contributed by atoms with Crippen molar-refractivity contribution in [2.24, 2.45) is 0 Å². The normalized spacial score (nSPS) is 11.7. The number of benzene rings is 1. The van der Waals surface area contributed by atoms with E-state index in [9.17, 15) is 22.4 Å². The summed E-state index contributed by atoms with van der Waals surface area (Å²) in [5, 5.41) is 0. The van der Waals surface area contributed by atoms with E-state index in [1.165, 1.54) is 18.3 Å². The summed E-state index contributed by atoms with van der Waals surface area (Å²) in [7, 11) is 0. The molecule has 0 unspecified atom stereocenters. The molecule has 0 fully saturated rings. The Hall–Kier alpha value is -3.55. The number of carbonyl (C=O) groups is 1. The highest BCUT2D eigenvalue weighted by molar-refractivity contribution is 5.81. The van der Waals surface area contributed by atoms with E-state index in [-0.39, 0.29) is 12.2 Å². The summed E-state index contributed by atoms with van der Waals surface area (Å²) in [5.74, 6) is -0.838. The molecular weight excluding hydrogens is 410 g/mol. The van der Waals surface area contributed by atoms with Crippen molar-refractivity contribution in [3.8, 4) is 22.5 Å². The third-order valence-electron chi connectivity index (χ3n) is 4.84. The second-order valence-corrected chi connectivity index (χ2v) is 7.18. The summed E-state index contributed by atoms with van der Waals surface area (Å²) in [6.07, 6.45) is -1.18. The van der Waals surface area contributed by atoms with Gasteiger partial charge in [0.15, 0.2) is 0 Å². The van der Waals surface area contributed by atoms with Crippen LogP contribution in [0.2, 0.25) is 0 Å². The average molecular weight is 427 g/mol. The zero-order valence-electron chi connectivity index (χ0n) is 16.2. The lowest BCUT2D eigenvalue weighted by atomic mass is 10.0. The highest BCUT2D eigenvalue weighted by atomic mass is 19.4. The molecule has 0 radical (unpaired) electrons. The van der Waals surface area contributed by atoms with Crippen LogP contribution in [0.25, 0.3) is 28.2 Å². The number of hydrogen-bond acceptors (Lipinski definition) is 3. The molecule has 0 aliphatic carbocycles. The van der Waals surface area contributed by atoms with Crippen molar-refractivity contribution in [3.05, 3.63) is 78.5 Å². The van der Waals surface area contributed by atoms with E-state index in [0.717, 1.165) is 11.3 Å². The number of hydrogen-bond donors (Lipinski definition) is 0. The van der Waals surface area contributed by atoms with Crippen LogP contribution in [0.4, 0.5) is 17.6 Å². The third-order valence-corrected chi connectivity index (χ3v) is 4.84. The molecule has 0 spiro atoms. The SMILES string of the molecule is O=C(CCC(F)(F)F)Cc1cccc(-c2cnc3cc(-c4cc(F)ccn4)ccn23)c1. The van der Waals surface area contributed by atoms with Gasteiger partial charge in [0.05, 0.1) is 24.0 Å². The number of alkyl halides is 3. The zero-order chi connectivity index (χ0) is 22.0. The van der Waals surface area contributed by atoms with E-state index >= 15 is 0 Å². The molecule has 0 saturated carbocycles. The van der Waals surface area contributed by atoms with Gasteiger partial charge in [0, 0.05) is 42.4 Å². The minimum absolute atomic E-state index is 0.0595. The lowest BCUT2D eigenvalue weighted by Crippen LogP contribution is -2.12. The van der Waals surface area contributed by atoms with Crippen LogP contribution in [0.15, 0.2) is 67.1 Å². The second kappa shape index (κ2) is 8.29. The summed E-state index contributed by atoms with van der Waals surface area (Å²) in [6.45, 7) is 0. The summed E-state index contributed by atoms with van der Waals surface area (Å²) in [4.78, 5) is 20.5. The quantitative estimate of drug-likeness (QED) is 0.373. The van der Waals surface area contributed by atoms with Crippen molar-refractivity contribution in [2.75, 3.05) is 0 Å². The molecule has 0 amide bonds. The lowest BCUT2D eigenvalue weighted by Gasteiger charge is -2.08. The first-order valence-corrected chi connectivity index (χ1v) is 9.55. The Kier molecular flexibility index (Phi) is 5.54. The fourth-order valence-corrected chi connectivity index (χ4v) is 3.35. The summed E-state index contributed by atoms with van der Waals surface area (Å²) in [6, 6.07) is 13.3. The highest BCUT2D eigenvalue weighted by Crippen LogP contribution is 2.26. The molecule has 1 aromatic carbocycles. The van der Waals surface area contributed by atoms with Gasteiger partial charge in [0.1, 0.15) is 17.2 Å². The second-order valence-electron chi connectivity index (χ2n) is 7.18. The highest BCUT2D eigenvalue weighted by Gasteiger charge is 2.27. The van der Waals surface area contributed by atoms with Gasteiger partial charge in [-0.3, -0.25) is 14.2 Å². The number of ketones is 1. The first kappa shape index (κ1) is 20.7. The van der Waals surface area contributed by atoms with Gasteiger partial charge in [0.25, 0.3) is 0 Å². The number of imidazole rings is 1. The van der Waals surface area contributed by atoms with Crippen LogP contribution in [0.3, 0.4) is 0 Å². The van der Waals surface area contributed by atoms with E-state index in [1.807, 2.05) is 10.5 Å². The average Bonchev–Trinajstić information content (AvgIpc) is 3.15. The molecule has 31 heavy (non-hydrogen) atoms. The Morgan fingerprint density at radius 2 is 1.84 bits per heavy atom. The van der Waals surface area contributed by atoms with Gasteiger partial charge in [-0.2, -0.15) is 13.2 Å². The van der Waals surface area contributed by atoms with Crippen LogP contribution in [-0.4, -0.2) is 26.3 Å². The van der Waals surface area contributed by atoms with Crippen LogP contribution < -0.4 is 0 Å². The van der Waals surface area contributed by atoms with Crippen molar-refractivity contribution < 1.29 is 22.4 Å². The Morgan fingerprint density at radius 1 is 1.00 bits per heavy atom. The minimum atomic E-state index is -4.34. The summed E-state index contributed by atoms with van der Waals surface area (Å²) >= 11 is 0. The number of halogens is 4. The number of pyridine rings is 2. The predicted octanol–water partition coefficient (Wildman–Crippen LogP) is 5.66. The largest absolute Gasteiger partial charge is 0.389 e. The van der Waals surface area contributed by atoms with E-state index in [4.69, 9.17) is 0 Å². The molecule has 3 heterocycles. The molecule has 4 rings (SSSR count). The molecule has 3 aromatic heterocycles. The van der Waals surface area contributed by atoms with Crippen molar-refractivity contribution in [1.82, 2.24) is 14.4 Å². The summed E-state index contributed by atoms with van der Waals surface area (Å²) in [5.41, 5.74) is 4.02. The molecule has 4 aromatic rings. The molecule has 0 saturated heterocycles. The molecule has 4 nitrogen and oxygen atoms in total. The third kappa shape index (κ3) is 4.96. The van der Waals surface area contributed by atoms with E-state index < -0.39 is 24.8 Å². The Morgan fingerprint density at radius 3 is 2.61 bits per heavy atom.